The molecule has 0 saturated carbocycles. The summed E-state index contributed by atoms with van der Waals surface area (Å²) in [5, 5.41) is 5.25. The highest BCUT2D eigenvalue weighted by Crippen LogP contribution is 2.11. The van der Waals surface area contributed by atoms with Gasteiger partial charge < -0.3 is 5.32 Å². The molecule has 2 rings (SSSR count). The van der Waals surface area contributed by atoms with Crippen LogP contribution in [-0.4, -0.2) is 17.4 Å². The summed E-state index contributed by atoms with van der Waals surface area (Å²) >= 11 is 1.48. The third-order valence-corrected chi connectivity index (χ3v) is 3.14. The van der Waals surface area contributed by atoms with E-state index in [2.05, 4.69) is 10.3 Å². The van der Waals surface area contributed by atoms with E-state index >= 15 is 0 Å². The van der Waals surface area contributed by atoms with Gasteiger partial charge in [-0.1, -0.05) is 6.07 Å². The van der Waals surface area contributed by atoms with E-state index in [1.807, 2.05) is 5.38 Å². The molecule has 0 radical (unpaired) electrons. The topological polar surface area (TPSA) is 42.0 Å². The summed E-state index contributed by atoms with van der Waals surface area (Å²) in [7, 11) is 0. The molecule has 1 N–H and O–H groups in total. The van der Waals surface area contributed by atoms with E-state index in [0.29, 0.717) is 13.0 Å². The van der Waals surface area contributed by atoms with Gasteiger partial charge >= 0.3 is 0 Å². The van der Waals surface area contributed by atoms with Crippen LogP contribution in [0.5, 0.6) is 0 Å². The zero-order valence-corrected chi connectivity index (χ0v) is 10.1. The summed E-state index contributed by atoms with van der Waals surface area (Å²) in [4.78, 5) is 15.7. The summed E-state index contributed by atoms with van der Waals surface area (Å²) in [5.74, 6) is -2.77. The van der Waals surface area contributed by atoms with Gasteiger partial charge in [-0.25, -0.2) is 13.8 Å². The number of carbonyl (C=O) groups excluding carboxylic acids is 1. The minimum atomic E-state index is -1.12. The Balaban J connectivity index is 1.93. The van der Waals surface area contributed by atoms with Crippen LogP contribution in [0.1, 0.15) is 15.4 Å². The van der Waals surface area contributed by atoms with Crippen molar-refractivity contribution in [3.63, 3.8) is 0 Å². The molecular weight excluding hydrogens is 258 g/mol. The number of hydrogen-bond acceptors (Lipinski definition) is 3. The monoisotopic (exact) mass is 268 g/mol. The van der Waals surface area contributed by atoms with Crippen molar-refractivity contribution in [2.45, 2.75) is 6.42 Å². The molecule has 0 saturated heterocycles. The van der Waals surface area contributed by atoms with Gasteiger partial charge in [-0.05, 0) is 12.1 Å². The van der Waals surface area contributed by atoms with Crippen LogP contribution in [0, 0.1) is 11.6 Å². The molecule has 1 aromatic carbocycles. The van der Waals surface area contributed by atoms with Crippen LogP contribution < -0.4 is 5.32 Å². The van der Waals surface area contributed by atoms with Crippen molar-refractivity contribution < 1.29 is 13.6 Å². The van der Waals surface area contributed by atoms with E-state index in [1.165, 1.54) is 23.5 Å². The molecule has 1 heterocycles. The van der Waals surface area contributed by atoms with Gasteiger partial charge in [0.1, 0.15) is 0 Å². The summed E-state index contributed by atoms with van der Waals surface area (Å²) in [6.45, 7) is 0.336. The Kier molecular flexibility index (Phi) is 3.99. The Morgan fingerprint density at radius 1 is 1.39 bits per heavy atom. The fourth-order valence-corrected chi connectivity index (χ4v) is 2.05. The Labute approximate surface area is 106 Å². The van der Waals surface area contributed by atoms with E-state index in [1.54, 1.807) is 6.20 Å². The van der Waals surface area contributed by atoms with Gasteiger partial charge in [0.05, 0.1) is 10.6 Å². The van der Waals surface area contributed by atoms with Crippen LogP contribution in [0.15, 0.2) is 29.8 Å². The highest BCUT2D eigenvalue weighted by atomic mass is 32.1. The van der Waals surface area contributed by atoms with Crippen LogP contribution in [0.3, 0.4) is 0 Å². The number of halogens is 2. The molecular formula is C12H10F2N2OS. The first-order chi connectivity index (χ1) is 8.68. The molecule has 0 fully saturated rings. The van der Waals surface area contributed by atoms with Gasteiger partial charge in [0.2, 0.25) is 0 Å². The molecule has 6 heteroatoms. The number of rotatable bonds is 4. The molecule has 3 nitrogen and oxygen atoms in total. The van der Waals surface area contributed by atoms with Gasteiger partial charge in [-0.2, -0.15) is 0 Å². The third kappa shape index (κ3) is 2.89. The van der Waals surface area contributed by atoms with Gasteiger partial charge in [-0.15, -0.1) is 11.3 Å². The average molecular weight is 268 g/mol. The van der Waals surface area contributed by atoms with Crippen molar-refractivity contribution in [3.8, 4) is 0 Å². The van der Waals surface area contributed by atoms with Crippen LogP contribution in [-0.2, 0) is 6.42 Å². The second-order valence-corrected chi connectivity index (χ2v) is 4.51. The van der Waals surface area contributed by atoms with Crippen LogP contribution in [0.4, 0.5) is 8.78 Å². The molecule has 94 valence electrons. The number of benzene rings is 1. The maximum absolute atomic E-state index is 13.3. The molecule has 1 aromatic heterocycles. The highest BCUT2D eigenvalue weighted by Gasteiger charge is 2.14. The van der Waals surface area contributed by atoms with Crippen molar-refractivity contribution in [1.29, 1.82) is 0 Å². The van der Waals surface area contributed by atoms with Crippen molar-refractivity contribution in [2.75, 3.05) is 6.54 Å². The minimum absolute atomic E-state index is 0.283. The molecule has 2 aromatic rings. The summed E-state index contributed by atoms with van der Waals surface area (Å²) in [6, 6.07) is 3.52. The smallest absolute Gasteiger partial charge is 0.254 e. The number of hydrogen-bond donors (Lipinski definition) is 1. The van der Waals surface area contributed by atoms with Crippen LogP contribution in [0.2, 0.25) is 0 Å². The van der Waals surface area contributed by atoms with E-state index in [0.717, 1.165) is 11.1 Å². The first-order valence-corrected chi connectivity index (χ1v) is 6.17. The minimum Gasteiger partial charge on any atom is -0.352 e. The van der Waals surface area contributed by atoms with Gasteiger partial charge in [0.15, 0.2) is 11.6 Å². The van der Waals surface area contributed by atoms with Crippen LogP contribution >= 0.6 is 11.3 Å². The Morgan fingerprint density at radius 2 is 2.22 bits per heavy atom. The lowest BCUT2D eigenvalue weighted by Gasteiger charge is -2.05. The molecule has 0 atom stereocenters. The summed E-state index contributed by atoms with van der Waals surface area (Å²) in [6.07, 6.45) is 2.24. The second-order valence-electron chi connectivity index (χ2n) is 3.53. The second kappa shape index (κ2) is 5.68. The quantitative estimate of drug-likeness (QED) is 0.925. The fraction of sp³-hybridized carbons (Fsp3) is 0.167. The Morgan fingerprint density at radius 3 is 2.94 bits per heavy atom. The van der Waals surface area contributed by atoms with Crippen molar-refractivity contribution in [1.82, 2.24) is 10.3 Å². The van der Waals surface area contributed by atoms with Crippen molar-refractivity contribution >= 4 is 17.2 Å². The molecule has 0 aliphatic carbocycles. The average Bonchev–Trinajstić information content (AvgIpc) is 2.85. The molecule has 0 aliphatic rings. The SMILES string of the molecule is O=C(NCCc1nccs1)c1cccc(F)c1F. The Hall–Kier alpha value is -1.82. The van der Waals surface area contributed by atoms with E-state index in [-0.39, 0.29) is 5.56 Å². The van der Waals surface area contributed by atoms with Crippen LogP contribution in [0.25, 0.3) is 0 Å². The number of carbonyl (C=O) groups is 1. The van der Waals surface area contributed by atoms with Gasteiger partial charge in [0.25, 0.3) is 5.91 Å². The normalized spacial score (nSPS) is 10.3. The number of aromatic nitrogens is 1. The number of nitrogens with zero attached hydrogens (tertiary/aromatic N) is 1. The lowest BCUT2D eigenvalue weighted by molar-refractivity contribution is 0.0949. The fourth-order valence-electron chi connectivity index (χ4n) is 1.43. The zero-order chi connectivity index (χ0) is 13.0. The number of nitrogens with one attached hydrogen (secondary N) is 1. The molecule has 0 unspecified atom stereocenters. The van der Waals surface area contributed by atoms with Crippen molar-refractivity contribution in [3.05, 3.63) is 52.0 Å². The maximum Gasteiger partial charge on any atom is 0.254 e. The van der Waals surface area contributed by atoms with E-state index < -0.39 is 17.5 Å². The van der Waals surface area contributed by atoms with Gasteiger partial charge in [0, 0.05) is 24.5 Å². The standard InChI is InChI=1S/C12H10F2N2OS/c13-9-3-1-2-8(11(9)14)12(17)16-5-4-10-15-6-7-18-10/h1-3,6-7H,4-5H2,(H,16,17). The highest BCUT2D eigenvalue weighted by molar-refractivity contribution is 7.09. The predicted octanol–water partition coefficient (Wildman–Crippen LogP) is 2.39. The lowest BCUT2D eigenvalue weighted by Crippen LogP contribution is -2.26. The zero-order valence-electron chi connectivity index (χ0n) is 9.32. The van der Waals surface area contributed by atoms with E-state index in [9.17, 15) is 13.6 Å². The molecule has 18 heavy (non-hydrogen) atoms. The molecule has 0 spiro atoms. The number of thiazole rings is 1. The molecule has 1 amide bonds. The largest absolute Gasteiger partial charge is 0.352 e. The lowest BCUT2D eigenvalue weighted by atomic mass is 10.2. The third-order valence-electron chi connectivity index (χ3n) is 2.30. The summed E-state index contributed by atoms with van der Waals surface area (Å²) in [5.41, 5.74) is -0.283. The summed E-state index contributed by atoms with van der Waals surface area (Å²) < 4.78 is 26.2. The first-order valence-electron chi connectivity index (χ1n) is 5.29. The predicted molar refractivity (Wildman–Crippen MR) is 64.5 cm³/mol. The maximum atomic E-state index is 13.3. The first kappa shape index (κ1) is 12.6. The molecule has 0 bridgehead atoms. The van der Waals surface area contributed by atoms with Gasteiger partial charge in [-0.3, -0.25) is 4.79 Å². The van der Waals surface area contributed by atoms with E-state index in [4.69, 9.17) is 0 Å². The van der Waals surface area contributed by atoms with Crippen molar-refractivity contribution in [2.24, 2.45) is 0 Å². The molecule has 0 aliphatic heterocycles. The Bertz CT molecular complexity index is 543. The number of amides is 1.